The number of carbonyl (C=O) groups excluding carboxylic acids is 4. The van der Waals surface area contributed by atoms with Crippen LogP contribution in [0.2, 0.25) is 0 Å². The summed E-state index contributed by atoms with van der Waals surface area (Å²) in [6.45, 7) is 1.26. The van der Waals surface area contributed by atoms with E-state index < -0.39 is 24.3 Å². The molecule has 4 aliphatic carbocycles. The first kappa shape index (κ1) is 41.5. The highest BCUT2D eigenvalue weighted by Gasteiger charge is 2.44. The molecule has 2 saturated heterocycles. The molecule has 6 aliphatic rings. The molecule has 4 heterocycles. The lowest BCUT2D eigenvalue weighted by atomic mass is 9.83. The maximum Gasteiger partial charge on any atom is 0.407 e. The van der Waals surface area contributed by atoms with Gasteiger partial charge in [0.1, 0.15) is 23.7 Å². The number of amides is 4. The molecule has 14 heteroatoms. The molecule has 0 bridgehead atoms. The van der Waals surface area contributed by atoms with Gasteiger partial charge in [-0.15, -0.1) is 0 Å². The maximum absolute atomic E-state index is 14.3. The van der Waals surface area contributed by atoms with Gasteiger partial charge >= 0.3 is 12.2 Å². The number of rotatable bonds is 10. The minimum absolute atomic E-state index is 0.0444. The molecule has 0 radical (unpaired) electrons. The van der Waals surface area contributed by atoms with Crippen molar-refractivity contribution in [3.05, 3.63) is 47.3 Å². The number of fused-ring (bicyclic) bond motifs is 1. The quantitative estimate of drug-likeness (QED) is 0.159. The standard InChI is InChI=1S/C47H64N8O6/c1-60-45(58)52-39(29-13-5-3-6-14-29)43(56)54-23-11-17-37(54)41-48-27-35(50-41)31-19-20-32(34-26-47(25-33(31)34)21-9-10-22-47)36-28-49-42(51-36)38-18-12-24-55(38)44(57)40(53-46(59)61-2)30-15-7-4-8-16-30/h19-20,27-30,37-40H,3-18,21-26H2,1-2H3,(H,48,50)(H,49,51)(H,52,58)(H,53,59)/t37-,38?,39-,40-/m0/s1. The van der Waals surface area contributed by atoms with E-state index in [0.717, 1.165) is 137 Å². The second kappa shape index (κ2) is 17.8. The van der Waals surface area contributed by atoms with E-state index >= 15 is 0 Å². The Kier molecular flexibility index (Phi) is 12.1. The van der Waals surface area contributed by atoms with Crippen LogP contribution < -0.4 is 10.6 Å². The molecule has 1 aromatic carbocycles. The van der Waals surface area contributed by atoms with Crippen molar-refractivity contribution in [3.63, 3.8) is 0 Å². The minimum atomic E-state index is -0.608. The average molecular weight is 837 g/mol. The fraction of sp³-hybridized carbons (Fsp3) is 0.660. The summed E-state index contributed by atoms with van der Waals surface area (Å²) in [5, 5.41) is 5.82. The SMILES string of the molecule is COC(=O)N[C@H](C(=O)N1CCCC1c1ncc(-c2ccc(-c3cnc([C@@H]4CCCN4C(=O)[C@@H](NC(=O)OC)C4CCCCC4)[nH]3)c3c2CC2(CCCC2)C3)[nH]1)C1CCCCC1. The van der Waals surface area contributed by atoms with Crippen molar-refractivity contribution in [2.45, 2.75) is 153 Å². The van der Waals surface area contributed by atoms with E-state index in [2.05, 4.69) is 32.7 Å². The number of aromatic amines is 2. The maximum atomic E-state index is 14.3. The number of alkyl carbamates (subject to hydrolysis) is 2. The molecular formula is C47H64N8O6. The molecule has 1 unspecified atom stereocenters. The predicted molar refractivity (Wildman–Crippen MR) is 229 cm³/mol. The Morgan fingerprint density at radius 2 is 1.05 bits per heavy atom. The van der Waals surface area contributed by atoms with Crippen LogP contribution in [-0.4, -0.2) is 93.1 Å². The lowest BCUT2D eigenvalue weighted by Gasteiger charge is -2.34. The van der Waals surface area contributed by atoms with Gasteiger partial charge in [0, 0.05) is 24.2 Å². The molecule has 3 aromatic rings. The summed E-state index contributed by atoms with van der Waals surface area (Å²) in [5.74, 6) is 1.67. The number of H-pyrrole nitrogens is 2. The summed E-state index contributed by atoms with van der Waals surface area (Å²) >= 11 is 0. The molecule has 1 spiro atoms. The van der Waals surface area contributed by atoms with Gasteiger partial charge in [-0.05, 0) is 105 Å². The molecular weight excluding hydrogens is 773 g/mol. The van der Waals surface area contributed by atoms with Crippen molar-refractivity contribution in [1.29, 1.82) is 0 Å². The molecule has 2 aromatic heterocycles. The molecule has 4 N–H and O–H groups in total. The van der Waals surface area contributed by atoms with E-state index in [4.69, 9.17) is 19.4 Å². The Morgan fingerprint density at radius 3 is 1.46 bits per heavy atom. The van der Waals surface area contributed by atoms with E-state index in [0.29, 0.717) is 13.1 Å². The first-order valence-corrected chi connectivity index (χ1v) is 23.3. The molecule has 14 nitrogen and oxygen atoms in total. The number of imidazole rings is 2. The smallest absolute Gasteiger partial charge is 0.407 e. The molecule has 4 amide bonds. The third kappa shape index (κ3) is 8.27. The van der Waals surface area contributed by atoms with Gasteiger partial charge < -0.3 is 39.9 Å². The predicted octanol–water partition coefficient (Wildman–Crippen LogP) is 8.06. The molecule has 4 atom stereocenters. The van der Waals surface area contributed by atoms with Crippen LogP contribution in [0.5, 0.6) is 0 Å². The third-order valence-corrected chi connectivity index (χ3v) is 15.4. The van der Waals surface area contributed by atoms with Crippen LogP contribution >= 0.6 is 0 Å². The number of nitrogens with one attached hydrogen (secondary N) is 4. The van der Waals surface area contributed by atoms with Gasteiger partial charge in [-0.1, -0.05) is 63.5 Å². The normalized spacial score (nSPS) is 23.8. The Morgan fingerprint density at radius 1 is 0.623 bits per heavy atom. The van der Waals surface area contributed by atoms with Gasteiger partial charge in [-0.2, -0.15) is 0 Å². The fourth-order valence-corrected chi connectivity index (χ4v) is 12.2. The highest BCUT2D eigenvalue weighted by atomic mass is 16.5. The number of hydrogen-bond donors (Lipinski definition) is 4. The molecule has 9 rings (SSSR count). The zero-order chi connectivity index (χ0) is 42.1. The monoisotopic (exact) mass is 836 g/mol. The zero-order valence-electron chi connectivity index (χ0n) is 36.1. The van der Waals surface area contributed by atoms with Crippen molar-refractivity contribution < 1.29 is 28.7 Å². The topological polar surface area (TPSA) is 175 Å². The second-order valence-corrected chi connectivity index (χ2v) is 18.9. The lowest BCUT2D eigenvalue weighted by molar-refractivity contribution is -0.136. The van der Waals surface area contributed by atoms with Crippen molar-refractivity contribution in [2.24, 2.45) is 17.3 Å². The van der Waals surface area contributed by atoms with E-state index in [1.165, 1.54) is 51.0 Å². The van der Waals surface area contributed by atoms with Crippen LogP contribution in [0.3, 0.4) is 0 Å². The molecule has 5 fully saturated rings. The Balaban J connectivity index is 0.976. The van der Waals surface area contributed by atoms with Crippen molar-refractivity contribution in [3.8, 4) is 22.5 Å². The summed E-state index contributed by atoms with van der Waals surface area (Å²) in [6, 6.07) is 2.83. The van der Waals surface area contributed by atoms with Gasteiger partial charge in [-0.25, -0.2) is 19.6 Å². The van der Waals surface area contributed by atoms with Gasteiger partial charge in [0.2, 0.25) is 11.8 Å². The van der Waals surface area contributed by atoms with Crippen LogP contribution in [0.15, 0.2) is 24.5 Å². The van der Waals surface area contributed by atoms with Crippen molar-refractivity contribution in [1.82, 2.24) is 40.4 Å². The summed E-state index contributed by atoms with van der Waals surface area (Å²) in [6.07, 6.45) is 23.3. The second-order valence-electron chi connectivity index (χ2n) is 18.9. The first-order chi connectivity index (χ1) is 29.8. The number of hydrogen-bond acceptors (Lipinski definition) is 8. The number of methoxy groups -OCH3 is 2. The number of carbonyl (C=O) groups is 4. The summed E-state index contributed by atoms with van der Waals surface area (Å²) < 4.78 is 9.92. The Labute approximate surface area is 359 Å². The first-order valence-electron chi connectivity index (χ1n) is 23.3. The molecule has 3 saturated carbocycles. The van der Waals surface area contributed by atoms with Crippen molar-refractivity contribution >= 4 is 24.0 Å². The number of nitrogens with zero attached hydrogens (tertiary/aromatic N) is 4. The lowest BCUT2D eigenvalue weighted by Crippen LogP contribution is -2.52. The molecule has 2 aliphatic heterocycles. The largest absolute Gasteiger partial charge is 0.453 e. The van der Waals surface area contributed by atoms with Gasteiger partial charge in [-0.3, -0.25) is 9.59 Å². The van der Waals surface area contributed by atoms with Crippen LogP contribution in [0.4, 0.5) is 9.59 Å². The zero-order valence-corrected chi connectivity index (χ0v) is 36.1. The molecule has 61 heavy (non-hydrogen) atoms. The summed E-state index contributed by atoms with van der Waals surface area (Å²) in [4.78, 5) is 74.6. The summed E-state index contributed by atoms with van der Waals surface area (Å²) in [7, 11) is 2.70. The highest BCUT2D eigenvalue weighted by Crippen LogP contribution is 2.53. The van der Waals surface area contributed by atoms with Crippen LogP contribution in [0.25, 0.3) is 22.5 Å². The van der Waals surface area contributed by atoms with E-state index in [1.54, 1.807) is 0 Å². The van der Waals surface area contributed by atoms with Gasteiger partial charge in [0.15, 0.2) is 0 Å². The number of likely N-dealkylation sites (tertiary alicyclic amines) is 2. The van der Waals surface area contributed by atoms with Gasteiger partial charge in [0.05, 0.1) is 50.1 Å². The average Bonchev–Trinajstić information content (AvgIpc) is 4.16. The number of benzene rings is 1. The fourth-order valence-electron chi connectivity index (χ4n) is 12.2. The molecule has 328 valence electrons. The number of aromatic nitrogens is 4. The van der Waals surface area contributed by atoms with E-state index in [-0.39, 0.29) is 41.1 Å². The van der Waals surface area contributed by atoms with Crippen LogP contribution in [0.1, 0.15) is 150 Å². The number of ether oxygens (including phenoxy) is 2. The minimum Gasteiger partial charge on any atom is -0.453 e. The van der Waals surface area contributed by atoms with Gasteiger partial charge in [0.25, 0.3) is 0 Å². The van der Waals surface area contributed by atoms with Crippen molar-refractivity contribution in [2.75, 3.05) is 27.3 Å². The Bertz CT molecular complexity index is 1940. The Hall–Kier alpha value is -4.88. The highest BCUT2D eigenvalue weighted by molar-refractivity contribution is 5.87. The van der Waals surface area contributed by atoms with E-state index in [1.807, 2.05) is 22.2 Å². The summed E-state index contributed by atoms with van der Waals surface area (Å²) in [5.41, 5.74) is 7.18. The van der Waals surface area contributed by atoms with Crippen LogP contribution in [0, 0.1) is 17.3 Å². The van der Waals surface area contributed by atoms with Crippen LogP contribution in [-0.2, 0) is 31.9 Å². The third-order valence-electron chi connectivity index (χ3n) is 15.4. The van der Waals surface area contributed by atoms with E-state index in [9.17, 15) is 19.2 Å².